The van der Waals surface area contributed by atoms with Crippen LogP contribution in [0.4, 0.5) is 0 Å². The van der Waals surface area contributed by atoms with E-state index in [-0.39, 0.29) is 11.6 Å². The fourth-order valence-corrected chi connectivity index (χ4v) is 2.09. The van der Waals surface area contributed by atoms with Crippen LogP contribution in [0.2, 0.25) is 0 Å². The van der Waals surface area contributed by atoms with Gasteiger partial charge in [-0.25, -0.2) is 0 Å². The Labute approximate surface area is 109 Å². The van der Waals surface area contributed by atoms with Gasteiger partial charge in [0.2, 0.25) is 0 Å². The highest BCUT2D eigenvalue weighted by molar-refractivity contribution is 5.83. The van der Waals surface area contributed by atoms with Crippen molar-refractivity contribution >= 4 is 10.9 Å². The second-order valence-corrected chi connectivity index (χ2v) is 5.95. The Morgan fingerprint density at radius 3 is 2.72 bits per heavy atom. The van der Waals surface area contributed by atoms with Gasteiger partial charge >= 0.3 is 0 Å². The van der Waals surface area contributed by atoms with Crippen LogP contribution in [-0.2, 0) is 6.42 Å². The van der Waals surface area contributed by atoms with Gasteiger partial charge in [-0.05, 0) is 38.8 Å². The summed E-state index contributed by atoms with van der Waals surface area (Å²) in [5, 5.41) is 4.73. The second-order valence-electron chi connectivity index (χ2n) is 5.95. The van der Waals surface area contributed by atoms with E-state index in [0.717, 1.165) is 13.0 Å². The third-order valence-corrected chi connectivity index (χ3v) is 3.05. The maximum atomic E-state index is 6.19. The van der Waals surface area contributed by atoms with Crippen LogP contribution < -0.4 is 11.1 Å². The highest BCUT2D eigenvalue weighted by Crippen LogP contribution is 2.18. The van der Waals surface area contributed by atoms with E-state index in [9.17, 15) is 0 Å². The summed E-state index contributed by atoms with van der Waals surface area (Å²) in [5.41, 5.74) is 8.79. The zero-order chi connectivity index (χ0) is 13.2. The number of benzene rings is 1. The highest BCUT2D eigenvalue weighted by Gasteiger charge is 2.13. The fourth-order valence-electron chi connectivity index (χ4n) is 2.09. The molecular formula is C15H23N3. The number of hydrogen-bond acceptors (Lipinski definition) is 2. The van der Waals surface area contributed by atoms with Crippen molar-refractivity contribution in [1.29, 1.82) is 0 Å². The number of hydrogen-bond donors (Lipinski definition) is 3. The van der Waals surface area contributed by atoms with Gasteiger partial charge in [-0.3, -0.25) is 0 Å². The van der Waals surface area contributed by atoms with Gasteiger partial charge in [-0.2, -0.15) is 0 Å². The van der Waals surface area contributed by atoms with E-state index in [0.29, 0.717) is 0 Å². The van der Waals surface area contributed by atoms with Gasteiger partial charge in [0.05, 0.1) is 0 Å². The maximum absolute atomic E-state index is 6.19. The molecule has 1 aromatic heterocycles. The zero-order valence-corrected chi connectivity index (χ0v) is 11.5. The molecule has 0 bridgehead atoms. The van der Waals surface area contributed by atoms with Gasteiger partial charge in [0, 0.05) is 35.2 Å². The lowest BCUT2D eigenvalue weighted by Crippen LogP contribution is -2.44. The van der Waals surface area contributed by atoms with E-state index >= 15 is 0 Å². The van der Waals surface area contributed by atoms with Crippen molar-refractivity contribution in [3.63, 3.8) is 0 Å². The van der Waals surface area contributed by atoms with Gasteiger partial charge in [0.25, 0.3) is 0 Å². The predicted octanol–water partition coefficient (Wildman–Crippen LogP) is 2.43. The Kier molecular flexibility index (Phi) is 3.73. The lowest BCUT2D eigenvalue weighted by atomic mass is 10.0. The molecule has 0 aliphatic heterocycles. The Balaban J connectivity index is 2.01. The highest BCUT2D eigenvalue weighted by atomic mass is 15.0. The van der Waals surface area contributed by atoms with Gasteiger partial charge in [0.1, 0.15) is 0 Å². The molecule has 0 radical (unpaired) electrons. The molecule has 0 saturated heterocycles. The maximum Gasteiger partial charge on any atom is 0.0456 e. The summed E-state index contributed by atoms with van der Waals surface area (Å²) in [6, 6.07) is 8.49. The Hall–Kier alpha value is -1.32. The van der Waals surface area contributed by atoms with E-state index in [2.05, 4.69) is 55.5 Å². The SMILES string of the molecule is CC(C)(C)NC[C@H](N)Cc1c[nH]c2ccccc12. The first-order valence-electron chi connectivity index (χ1n) is 6.51. The molecule has 98 valence electrons. The van der Waals surface area contributed by atoms with Crippen molar-refractivity contribution in [1.82, 2.24) is 10.3 Å². The molecule has 0 fully saturated rings. The first kappa shape index (κ1) is 13.1. The van der Waals surface area contributed by atoms with E-state index < -0.39 is 0 Å². The molecule has 0 spiro atoms. The van der Waals surface area contributed by atoms with E-state index in [1.165, 1.54) is 16.5 Å². The average Bonchev–Trinajstić information content (AvgIpc) is 2.70. The molecule has 3 nitrogen and oxygen atoms in total. The Bertz CT molecular complexity index is 508. The minimum Gasteiger partial charge on any atom is -0.361 e. The van der Waals surface area contributed by atoms with Crippen LogP contribution in [0.5, 0.6) is 0 Å². The molecule has 0 amide bonds. The van der Waals surface area contributed by atoms with Crippen molar-refractivity contribution in [3.05, 3.63) is 36.0 Å². The van der Waals surface area contributed by atoms with Gasteiger partial charge in [0.15, 0.2) is 0 Å². The number of rotatable bonds is 4. The molecule has 2 rings (SSSR count). The number of H-pyrrole nitrogens is 1. The van der Waals surface area contributed by atoms with Crippen LogP contribution in [0, 0.1) is 0 Å². The number of nitrogens with one attached hydrogen (secondary N) is 2. The third kappa shape index (κ3) is 3.34. The van der Waals surface area contributed by atoms with Crippen molar-refractivity contribution in [2.24, 2.45) is 5.73 Å². The molecule has 4 N–H and O–H groups in total. The predicted molar refractivity (Wildman–Crippen MR) is 77.7 cm³/mol. The molecule has 18 heavy (non-hydrogen) atoms. The topological polar surface area (TPSA) is 53.8 Å². The number of para-hydroxylation sites is 1. The van der Waals surface area contributed by atoms with Crippen LogP contribution in [0.25, 0.3) is 10.9 Å². The first-order valence-corrected chi connectivity index (χ1v) is 6.51. The number of aromatic amines is 1. The summed E-state index contributed by atoms with van der Waals surface area (Å²) in [5.74, 6) is 0. The van der Waals surface area contributed by atoms with Crippen LogP contribution >= 0.6 is 0 Å². The minimum absolute atomic E-state index is 0.123. The molecule has 1 atom stereocenters. The average molecular weight is 245 g/mol. The summed E-state index contributed by atoms with van der Waals surface area (Å²) >= 11 is 0. The van der Waals surface area contributed by atoms with Gasteiger partial charge in [-0.1, -0.05) is 18.2 Å². The van der Waals surface area contributed by atoms with Crippen LogP contribution in [-0.4, -0.2) is 23.1 Å². The Morgan fingerprint density at radius 1 is 1.28 bits per heavy atom. The molecule has 1 aromatic carbocycles. The molecule has 3 heteroatoms. The summed E-state index contributed by atoms with van der Waals surface area (Å²) in [6.45, 7) is 7.31. The van der Waals surface area contributed by atoms with Crippen LogP contribution in [0.15, 0.2) is 30.5 Å². The summed E-state index contributed by atoms with van der Waals surface area (Å²) in [4.78, 5) is 3.29. The number of fused-ring (bicyclic) bond motifs is 1. The first-order chi connectivity index (χ1) is 8.46. The van der Waals surface area contributed by atoms with Gasteiger partial charge < -0.3 is 16.0 Å². The molecule has 0 unspecified atom stereocenters. The summed E-state index contributed by atoms with van der Waals surface area (Å²) < 4.78 is 0. The normalized spacial score (nSPS) is 14.0. The van der Waals surface area contributed by atoms with E-state index in [1.807, 2.05) is 6.07 Å². The zero-order valence-electron chi connectivity index (χ0n) is 11.5. The smallest absolute Gasteiger partial charge is 0.0456 e. The molecule has 0 aliphatic carbocycles. The minimum atomic E-state index is 0.123. The van der Waals surface area contributed by atoms with Crippen LogP contribution in [0.1, 0.15) is 26.3 Å². The van der Waals surface area contributed by atoms with Crippen molar-refractivity contribution in [2.45, 2.75) is 38.8 Å². The van der Waals surface area contributed by atoms with Crippen molar-refractivity contribution in [2.75, 3.05) is 6.54 Å². The molecule has 0 saturated carbocycles. The van der Waals surface area contributed by atoms with E-state index in [4.69, 9.17) is 5.73 Å². The fraction of sp³-hybridized carbons (Fsp3) is 0.467. The molecule has 2 aromatic rings. The quantitative estimate of drug-likeness (QED) is 0.775. The largest absolute Gasteiger partial charge is 0.361 e. The summed E-state index contributed by atoms with van der Waals surface area (Å²) in [7, 11) is 0. The van der Waals surface area contributed by atoms with Gasteiger partial charge in [-0.15, -0.1) is 0 Å². The molecule has 0 aliphatic rings. The second kappa shape index (κ2) is 5.12. The number of aromatic nitrogens is 1. The van der Waals surface area contributed by atoms with Crippen molar-refractivity contribution in [3.8, 4) is 0 Å². The van der Waals surface area contributed by atoms with Crippen LogP contribution in [0.3, 0.4) is 0 Å². The Morgan fingerprint density at radius 2 is 2.00 bits per heavy atom. The van der Waals surface area contributed by atoms with Crippen molar-refractivity contribution < 1.29 is 0 Å². The lowest BCUT2D eigenvalue weighted by molar-refractivity contribution is 0.404. The molecular weight excluding hydrogens is 222 g/mol. The third-order valence-electron chi connectivity index (χ3n) is 3.05. The lowest BCUT2D eigenvalue weighted by Gasteiger charge is -2.23. The number of nitrogens with two attached hydrogens (primary N) is 1. The monoisotopic (exact) mass is 245 g/mol. The standard InChI is InChI=1S/C15H23N3/c1-15(2,3)18-10-12(16)8-11-9-17-14-7-5-4-6-13(11)14/h4-7,9,12,17-18H,8,10,16H2,1-3H3/t12-/m1/s1. The van der Waals surface area contributed by atoms with E-state index in [1.54, 1.807) is 0 Å². The molecule has 1 heterocycles. The summed E-state index contributed by atoms with van der Waals surface area (Å²) in [6.07, 6.45) is 2.97.